The number of para-hydroxylation sites is 1. The minimum Gasteiger partial charge on any atom is -0.465 e. The molecule has 0 saturated heterocycles. The molecule has 0 fully saturated rings. The highest BCUT2D eigenvalue weighted by Gasteiger charge is 2.26. The third-order valence-electron chi connectivity index (χ3n) is 6.63. The number of nitrogens with zero attached hydrogens (tertiary/aromatic N) is 5. The maximum absolute atomic E-state index is 13.6. The van der Waals surface area contributed by atoms with Crippen molar-refractivity contribution in [2.24, 2.45) is 0 Å². The van der Waals surface area contributed by atoms with Gasteiger partial charge < -0.3 is 14.0 Å². The summed E-state index contributed by atoms with van der Waals surface area (Å²) in [5.41, 5.74) is 6.10. The molecule has 0 aliphatic heterocycles. The highest BCUT2D eigenvalue weighted by Crippen LogP contribution is 2.30. The molecule has 3 heterocycles. The van der Waals surface area contributed by atoms with E-state index in [1.807, 2.05) is 65.0 Å². The van der Waals surface area contributed by atoms with Crippen LogP contribution in [0.25, 0.3) is 33.6 Å². The van der Waals surface area contributed by atoms with Crippen LogP contribution in [0.1, 0.15) is 60.7 Å². The first-order valence-corrected chi connectivity index (χ1v) is 13.3. The zero-order chi connectivity index (χ0) is 28.8. The summed E-state index contributed by atoms with van der Waals surface area (Å²) < 4.78 is 14.3. The number of imidazole rings is 2. The van der Waals surface area contributed by atoms with Crippen molar-refractivity contribution in [1.82, 2.24) is 24.1 Å². The van der Waals surface area contributed by atoms with Gasteiger partial charge in [-0.2, -0.15) is 0 Å². The maximum Gasteiger partial charge on any atom is 0.420 e. The van der Waals surface area contributed by atoms with Crippen LogP contribution in [-0.4, -0.2) is 48.9 Å². The standard InChI is InChI=1S/C31H33N5O4/c1-8-24-33-25-18(2)15-19(3)32-28(25)35(24)17-22-13-10-14-23-26(22)34-27(36(23)30(38)40-31(4,5)6)20-11-9-12-21(16-20)29(37)39-7/h9-16H,8,17H2,1-7H3. The van der Waals surface area contributed by atoms with Gasteiger partial charge in [0.25, 0.3) is 0 Å². The Morgan fingerprint density at radius 1 is 0.950 bits per heavy atom. The number of aromatic nitrogens is 5. The Hall–Kier alpha value is -4.53. The molecule has 206 valence electrons. The van der Waals surface area contributed by atoms with Crippen LogP contribution in [-0.2, 0) is 22.4 Å². The number of pyridine rings is 1. The smallest absolute Gasteiger partial charge is 0.420 e. The average Bonchev–Trinajstić information content (AvgIpc) is 3.47. The van der Waals surface area contributed by atoms with Crippen LogP contribution in [0.5, 0.6) is 0 Å². The minimum atomic E-state index is -0.719. The van der Waals surface area contributed by atoms with Crippen LogP contribution in [0, 0.1) is 13.8 Å². The van der Waals surface area contributed by atoms with E-state index < -0.39 is 17.7 Å². The van der Waals surface area contributed by atoms with Gasteiger partial charge in [0.1, 0.15) is 16.9 Å². The van der Waals surface area contributed by atoms with Crippen molar-refractivity contribution in [3.05, 3.63) is 76.7 Å². The van der Waals surface area contributed by atoms with Crippen molar-refractivity contribution < 1.29 is 19.1 Å². The van der Waals surface area contributed by atoms with Crippen LogP contribution >= 0.6 is 0 Å². The molecule has 0 amide bonds. The number of hydrogen-bond acceptors (Lipinski definition) is 7. The first-order valence-electron chi connectivity index (χ1n) is 13.3. The quantitative estimate of drug-likeness (QED) is 0.244. The van der Waals surface area contributed by atoms with E-state index in [2.05, 4.69) is 11.5 Å². The molecule has 0 aliphatic rings. The number of hydrogen-bond donors (Lipinski definition) is 0. The van der Waals surface area contributed by atoms with Gasteiger partial charge >= 0.3 is 12.1 Å². The van der Waals surface area contributed by atoms with E-state index in [0.717, 1.165) is 40.2 Å². The average molecular weight is 540 g/mol. The molecule has 5 aromatic rings. The third kappa shape index (κ3) is 4.95. The molecule has 3 aromatic heterocycles. The van der Waals surface area contributed by atoms with E-state index in [4.69, 9.17) is 24.4 Å². The molecule has 0 atom stereocenters. The van der Waals surface area contributed by atoms with Gasteiger partial charge in [-0.05, 0) is 70.0 Å². The van der Waals surface area contributed by atoms with Gasteiger partial charge in [0.15, 0.2) is 11.5 Å². The molecular formula is C31H33N5O4. The van der Waals surface area contributed by atoms with E-state index in [1.54, 1.807) is 18.2 Å². The molecule has 9 heteroatoms. The van der Waals surface area contributed by atoms with Crippen molar-refractivity contribution in [3.63, 3.8) is 0 Å². The number of esters is 1. The molecule has 5 rings (SSSR count). The number of benzene rings is 2. The van der Waals surface area contributed by atoms with Crippen molar-refractivity contribution >= 4 is 34.3 Å². The molecule has 0 N–H and O–H groups in total. The summed E-state index contributed by atoms with van der Waals surface area (Å²) in [6.07, 6.45) is 0.184. The number of carbonyl (C=O) groups is 2. The molecule has 0 bridgehead atoms. The summed E-state index contributed by atoms with van der Waals surface area (Å²) in [5, 5.41) is 0. The molecule has 9 nitrogen and oxygen atoms in total. The summed E-state index contributed by atoms with van der Waals surface area (Å²) in [5.74, 6) is 0.823. The topological polar surface area (TPSA) is 101 Å². The largest absolute Gasteiger partial charge is 0.465 e. The maximum atomic E-state index is 13.6. The summed E-state index contributed by atoms with van der Waals surface area (Å²) in [6.45, 7) is 12.0. The van der Waals surface area contributed by atoms with Gasteiger partial charge in [-0.15, -0.1) is 0 Å². The van der Waals surface area contributed by atoms with E-state index in [-0.39, 0.29) is 0 Å². The molecule has 0 spiro atoms. The Balaban J connectivity index is 1.72. The lowest BCUT2D eigenvalue weighted by Gasteiger charge is -2.20. The van der Waals surface area contributed by atoms with Crippen LogP contribution in [0.15, 0.2) is 48.5 Å². The Labute approximate surface area is 232 Å². The molecule has 0 radical (unpaired) electrons. The molecular weight excluding hydrogens is 506 g/mol. The lowest BCUT2D eigenvalue weighted by atomic mass is 10.1. The number of rotatable bonds is 5. The second kappa shape index (κ2) is 10.2. The Kier molecular flexibility index (Phi) is 6.91. The second-order valence-corrected chi connectivity index (χ2v) is 10.8. The first-order chi connectivity index (χ1) is 19.0. The second-order valence-electron chi connectivity index (χ2n) is 10.8. The predicted octanol–water partition coefficient (Wildman–Crippen LogP) is 6.25. The van der Waals surface area contributed by atoms with Crippen LogP contribution in [0.2, 0.25) is 0 Å². The lowest BCUT2D eigenvalue weighted by Crippen LogP contribution is -2.27. The SMILES string of the molecule is CCc1nc2c(C)cc(C)nc2n1Cc1cccc2c1nc(-c1cccc(C(=O)OC)c1)n2C(=O)OC(C)(C)C. The molecule has 0 saturated carbocycles. The summed E-state index contributed by atoms with van der Waals surface area (Å²) in [7, 11) is 1.33. The van der Waals surface area contributed by atoms with Gasteiger partial charge in [0.05, 0.1) is 30.3 Å². The van der Waals surface area contributed by atoms with Crippen LogP contribution < -0.4 is 0 Å². The van der Waals surface area contributed by atoms with E-state index in [1.165, 1.54) is 11.7 Å². The van der Waals surface area contributed by atoms with E-state index in [9.17, 15) is 9.59 Å². The summed E-state index contributed by atoms with van der Waals surface area (Å²) >= 11 is 0. The highest BCUT2D eigenvalue weighted by molar-refractivity contribution is 5.95. The zero-order valence-electron chi connectivity index (χ0n) is 23.9. The van der Waals surface area contributed by atoms with Gasteiger partial charge in [-0.25, -0.2) is 29.1 Å². The lowest BCUT2D eigenvalue weighted by molar-refractivity contribution is 0.0545. The zero-order valence-corrected chi connectivity index (χ0v) is 23.9. The normalized spacial score (nSPS) is 11.8. The fourth-order valence-corrected chi connectivity index (χ4v) is 4.93. The van der Waals surface area contributed by atoms with Gasteiger partial charge in [0.2, 0.25) is 0 Å². The first kappa shape index (κ1) is 27.1. The van der Waals surface area contributed by atoms with Crippen molar-refractivity contribution in [2.75, 3.05) is 7.11 Å². The number of methoxy groups -OCH3 is 1. The fraction of sp³-hybridized carbons (Fsp3) is 0.323. The summed E-state index contributed by atoms with van der Waals surface area (Å²) in [6, 6.07) is 14.7. The summed E-state index contributed by atoms with van der Waals surface area (Å²) in [4.78, 5) is 40.5. The van der Waals surface area contributed by atoms with Gasteiger partial charge in [-0.3, -0.25) is 0 Å². The van der Waals surface area contributed by atoms with Crippen molar-refractivity contribution in [3.8, 4) is 11.4 Å². The fourth-order valence-electron chi connectivity index (χ4n) is 4.93. The molecule has 0 unspecified atom stereocenters. The minimum absolute atomic E-state index is 0.359. The van der Waals surface area contributed by atoms with E-state index in [0.29, 0.717) is 34.5 Å². The Bertz CT molecular complexity index is 1770. The monoisotopic (exact) mass is 539 g/mol. The molecule has 2 aromatic carbocycles. The van der Waals surface area contributed by atoms with Gasteiger partial charge in [0, 0.05) is 17.7 Å². The van der Waals surface area contributed by atoms with E-state index >= 15 is 0 Å². The molecule has 40 heavy (non-hydrogen) atoms. The number of ether oxygens (including phenoxy) is 2. The number of carbonyl (C=O) groups excluding carboxylic acids is 2. The Morgan fingerprint density at radius 3 is 2.40 bits per heavy atom. The van der Waals surface area contributed by atoms with Gasteiger partial charge in [-0.1, -0.05) is 31.2 Å². The Morgan fingerprint density at radius 2 is 1.70 bits per heavy atom. The highest BCUT2D eigenvalue weighted by atomic mass is 16.6. The molecule has 0 aliphatic carbocycles. The van der Waals surface area contributed by atoms with Crippen LogP contribution in [0.4, 0.5) is 4.79 Å². The number of aryl methyl sites for hydroxylation is 3. The van der Waals surface area contributed by atoms with Crippen LogP contribution in [0.3, 0.4) is 0 Å². The predicted molar refractivity (Wildman–Crippen MR) is 154 cm³/mol. The van der Waals surface area contributed by atoms with Crippen molar-refractivity contribution in [1.29, 1.82) is 0 Å². The third-order valence-corrected chi connectivity index (χ3v) is 6.63. The van der Waals surface area contributed by atoms with Crippen molar-refractivity contribution in [2.45, 2.75) is 60.1 Å². The number of fused-ring (bicyclic) bond motifs is 2.